The molecule has 0 saturated heterocycles. The average molecular weight is 224 g/mol. The van der Waals surface area contributed by atoms with Gasteiger partial charge in [-0.05, 0) is 4.94 Å². The molecule has 1 N–H and O–H groups in total. The molecule has 0 rings (SSSR count). The second-order valence-corrected chi connectivity index (χ2v) is 3.27. The fourth-order valence-corrected chi connectivity index (χ4v) is 0.602. The van der Waals surface area contributed by atoms with E-state index in [1.807, 2.05) is 0 Å². The van der Waals surface area contributed by atoms with Crippen LogP contribution in [-0.4, -0.2) is 38.7 Å². The van der Waals surface area contributed by atoms with Crippen molar-refractivity contribution in [3.8, 4) is 0 Å². The van der Waals surface area contributed by atoms with Gasteiger partial charge in [-0.1, -0.05) is 0 Å². The summed E-state index contributed by atoms with van der Waals surface area (Å²) in [5.74, 6) is 0. The van der Waals surface area contributed by atoms with Gasteiger partial charge in [0.1, 0.15) is 0 Å². The van der Waals surface area contributed by atoms with Gasteiger partial charge >= 0.3 is 21.5 Å². The molecule has 0 heterocycles. The molecule has 0 aliphatic carbocycles. The second-order valence-electron chi connectivity index (χ2n) is 1.60. The first kappa shape index (κ1) is 15.6. The van der Waals surface area contributed by atoms with E-state index in [0.29, 0.717) is 0 Å². The van der Waals surface area contributed by atoms with Crippen molar-refractivity contribution in [1.82, 2.24) is 4.94 Å². The van der Waals surface area contributed by atoms with Crippen LogP contribution in [0.15, 0.2) is 0 Å². The van der Waals surface area contributed by atoms with E-state index in [1.165, 1.54) is 0 Å². The number of rotatable bonds is 2. The molecule has 0 aromatic heterocycles. The Bertz CT molecular complexity index is 258. The Labute approximate surface area is 80.6 Å². The van der Waals surface area contributed by atoms with E-state index in [2.05, 4.69) is 0 Å². The van der Waals surface area contributed by atoms with Crippen molar-refractivity contribution in [1.29, 1.82) is 0 Å². The van der Waals surface area contributed by atoms with E-state index in [9.17, 15) is 34.9 Å². The summed E-state index contributed by atoms with van der Waals surface area (Å²) in [4.78, 5) is -0.610. The summed E-state index contributed by atoms with van der Waals surface area (Å²) in [5, 5.41) is -6.13. The molecule has 13 heavy (non-hydrogen) atoms. The molecular formula is C2HF6LiNO2S. The molecule has 11 heteroatoms. The number of sulfonamides is 1. The summed E-state index contributed by atoms with van der Waals surface area (Å²) in [6.45, 7) is 0. The Morgan fingerprint density at radius 2 is 1.31 bits per heavy atom. The smallest absolute Gasteiger partial charge is 0.203 e. The monoisotopic (exact) mass is 224 g/mol. The molecule has 0 bridgehead atoms. The van der Waals surface area contributed by atoms with E-state index < -0.39 is 26.4 Å². The third-order valence-electron chi connectivity index (χ3n) is 0.769. The summed E-state index contributed by atoms with van der Waals surface area (Å²) in [6, 6.07) is 0. The van der Waals surface area contributed by atoms with Gasteiger partial charge in [0.25, 0.3) is 0 Å². The Hall–Kier alpha value is 0.0874. The van der Waals surface area contributed by atoms with Crippen LogP contribution < -0.4 is 4.94 Å². The number of alkyl halides is 5. The molecule has 0 atom stereocenters. The molecule has 1 radical (unpaired) electrons. The van der Waals surface area contributed by atoms with Crippen LogP contribution in [0.25, 0.3) is 0 Å². The quantitative estimate of drug-likeness (QED) is 0.423. The van der Waals surface area contributed by atoms with E-state index in [-0.39, 0.29) is 18.9 Å². The van der Waals surface area contributed by atoms with Gasteiger partial charge in [-0.15, -0.1) is 4.48 Å². The maximum atomic E-state index is 11.7. The second kappa shape index (κ2) is 4.08. The van der Waals surface area contributed by atoms with Gasteiger partial charge in [-0.3, -0.25) is 0 Å². The summed E-state index contributed by atoms with van der Waals surface area (Å²) in [7, 11) is -6.33. The fourth-order valence-electron chi connectivity index (χ4n) is 0.201. The minimum atomic E-state index is -6.34. The summed E-state index contributed by atoms with van der Waals surface area (Å²) in [6.07, 6.45) is -6.34. The minimum Gasteiger partial charge on any atom is -0.203 e. The van der Waals surface area contributed by atoms with E-state index in [4.69, 9.17) is 0 Å². The van der Waals surface area contributed by atoms with Crippen molar-refractivity contribution in [2.24, 2.45) is 0 Å². The molecule has 0 aromatic carbocycles. The zero-order chi connectivity index (χ0) is 10.2. The van der Waals surface area contributed by atoms with Gasteiger partial charge < -0.3 is 0 Å². The van der Waals surface area contributed by atoms with E-state index in [1.54, 1.807) is 0 Å². The number of hydrogen-bond donors (Lipinski definition) is 1. The van der Waals surface area contributed by atoms with Crippen LogP contribution >= 0.6 is 0 Å². The zero-order valence-electron chi connectivity index (χ0n) is 5.99. The van der Waals surface area contributed by atoms with Gasteiger partial charge in [0.15, 0.2) is 0 Å². The van der Waals surface area contributed by atoms with Crippen molar-refractivity contribution in [3.63, 3.8) is 0 Å². The molecule has 0 aromatic rings. The Morgan fingerprint density at radius 1 is 1.00 bits per heavy atom. The van der Waals surface area contributed by atoms with E-state index >= 15 is 0 Å². The molecule has 0 spiro atoms. The van der Waals surface area contributed by atoms with Crippen LogP contribution in [-0.2, 0) is 10.0 Å². The zero-order valence-corrected chi connectivity index (χ0v) is 6.81. The maximum Gasteiger partial charge on any atom is 0.471 e. The van der Waals surface area contributed by atoms with Crippen LogP contribution in [0, 0.1) is 0 Å². The molecule has 0 saturated carbocycles. The summed E-state index contributed by atoms with van der Waals surface area (Å²) >= 11 is 0. The Morgan fingerprint density at radius 3 is 1.38 bits per heavy atom. The van der Waals surface area contributed by atoms with Crippen LogP contribution in [0.5, 0.6) is 0 Å². The van der Waals surface area contributed by atoms with Gasteiger partial charge in [-0.25, -0.2) is 8.42 Å². The fraction of sp³-hybridized carbons (Fsp3) is 1.00. The van der Waals surface area contributed by atoms with E-state index in [0.717, 1.165) is 0 Å². The maximum absolute atomic E-state index is 11.7. The number of halogens is 6. The van der Waals surface area contributed by atoms with Crippen LogP contribution in [0.2, 0.25) is 0 Å². The van der Waals surface area contributed by atoms with Gasteiger partial charge in [0.05, 0.1) is 0 Å². The molecule has 0 amide bonds. The third-order valence-corrected chi connectivity index (χ3v) is 1.88. The predicted molar refractivity (Wildman–Crippen MR) is 29.9 cm³/mol. The van der Waals surface area contributed by atoms with Crippen molar-refractivity contribution >= 4 is 28.9 Å². The largest absolute Gasteiger partial charge is 0.471 e. The van der Waals surface area contributed by atoms with Crippen molar-refractivity contribution in [2.45, 2.75) is 11.4 Å². The standard InChI is InChI=1S/C2HF6NO2S.Li/c3-1(4,5)2(6,7)12(10,11)9-8;/h9H;. The minimum absolute atomic E-state index is 0. The first-order valence-corrected chi connectivity index (χ1v) is 3.61. The van der Waals surface area contributed by atoms with Gasteiger partial charge in [0.2, 0.25) is 0 Å². The summed E-state index contributed by atoms with van der Waals surface area (Å²) in [5.41, 5.74) is 0. The number of nitrogens with one attached hydrogen (secondary N) is 1. The van der Waals surface area contributed by atoms with Crippen molar-refractivity contribution in [3.05, 3.63) is 0 Å². The molecule has 0 aliphatic heterocycles. The Balaban J connectivity index is 0. The molecule has 75 valence electrons. The summed E-state index contributed by atoms with van der Waals surface area (Å²) < 4.78 is 87.3. The normalized spacial score (nSPS) is 13.7. The van der Waals surface area contributed by atoms with Crippen molar-refractivity contribution in [2.75, 3.05) is 0 Å². The number of hydrogen-bond acceptors (Lipinski definition) is 2. The average Bonchev–Trinajstić information content (AvgIpc) is 1.85. The molecule has 0 aliphatic rings. The van der Waals surface area contributed by atoms with Crippen LogP contribution in [0.1, 0.15) is 0 Å². The SMILES string of the molecule is O=S(=O)(NF)C(F)(F)C(F)(F)F.[Li]. The molecule has 0 unspecified atom stereocenters. The molecular weight excluding hydrogens is 223 g/mol. The third kappa shape index (κ3) is 2.77. The molecule has 0 fully saturated rings. The van der Waals surface area contributed by atoms with Gasteiger partial charge in [0, 0.05) is 18.9 Å². The Kier molecular flexibility index (Phi) is 4.88. The first-order chi connectivity index (χ1) is 5.06. The molecule has 3 nitrogen and oxygen atoms in total. The van der Waals surface area contributed by atoms with Crippen LogP contribution in [0.3, 0.4) is 0 Å². The predicted octanol–water partition coefficient (Wildman–Crippen LogP) is 0.565. The first-order valence-electron chi connectivity index (χ1n) is 2.13. The van der Waals surface area contributed by atoms with Crippen molar-refractivity contribution < 1.29 is 34.9 Å². The van der Waals surface area contributed by atoms with Gasteiger partial charge in [-0.2, -0.15) is 22.0 Å². The topological polar surface area (TPSA) is 46.2 Å². The van der Waals surface area contributed by atoms with Crippen LogP contribution in [0.4, 0.5) is 26.4 Å².